The standard InChI is InChI=1S/C22H23FN4O3/c1-22(2,3)18-13-19(25-21(30)24-17-7-5-4-6-16(17)23)27(26-18)15-10-8-14(9-11-15)12-20(28)29/h4-11,13H,12H2,1-3H3,(H,28,29)(H2,24,25,30). The molecule has 0 aliphatic rings. The number of carbonyl (C=O) groups excluding carboxylic acids is 1. The zero-order chi connectivity index (χ0) is 21.9. The molecule has 0 saturated heterocycles. The van der Waals surface area contributed by atoms with Gasteiger partial charge >= 0.3 is 12.0 Å². The van der Waals surface area contributed by atoms with Gasteiger partial charge in [0.15, 0.2) is 0 Å². The Balaban J connectivity index is 1.89. The second-order valence-electron chi connectivity index (χ2n) is 7.87. The van der Waals surface area contributed by atoms with Crippen LogP contribution in [0.15, 0.2) is 54.6 Å². The predicted molar refractivity (Wildman–Crippen MR) is 113 cm³/mol. The van der Waals surface area contributed by atoms with Crippen molar-refractivity contribution in [2.75, 3.05) is 10.6 Å². The molecule has 0 bridgehead atoms. The molecule has 3 N–H and O–H groups in total. The lowest BCUT2D eigenvalue weighted by Crippen LogP contribution is -2.21. The Morgan fingerprint density at radius 2 is 1.73 bits per heavy atom. The molecule has 0 saturated carbocycles. The summed E-state index contributed by atoms with van der Waals surface area (Å²) in [6.07, 6.45) is -0.0806. The fourth-order valence-corrected chi connectivity index (χ4v) is 2.80. The van der Waals surface area contributed by atoms with E-state index < -0.39 is 17.8 Å². The largest absolute Gasteiger partial charge is 0.481 e. The Bertz CT molecular complexity index is 1070. The maximum atomic E-state index is 13.8. The van der Waals surface area contributed by atoms with Crippen LogP contribution in [-0.4, -0.2) is 26.9 Å². The number of halogens is 1. The van der Waals surface area contributed by atoms with Gasteiger partial charge in [-0.2, -0.15) is 5.10 Å². The molecule has 0 radical (unpaired) electrons. The molecule has 30 heavy (non-hydrogen) atoms. The van der Waals surface area contributed by atoms with E-state index in [2.05, 4.69) is 15.7 Å². The minimum atomic E-state index is -0.913. The van der Waals surface area contributed by atoms with E-state index in [0.717, 1.165) is 5.69 Å². The Kier molecular flexibility index (Phi) is 5.86. The number of aromatic nitrogens is 2. The summed E-state index contributed by atoms with van der Waals surface area (Å²) >= 11 is 0. The van der Waals surface area contributed by atoms with Gasteiger partial charge in [-0.15, -0.1) is 0 Å². The second-order valence-corrected chi connectivity index (χ2v) is 7.87. The molecule has 7 nitrogen and oxygen atoms in total. The lowest BCUT2D eigenvalue weighted by Gasteiger charge is -2.14. The van der Waals surface area contributed by atoms with Crippen LogP contribution >= 0.6 is 0 Å². The summed E-state index contributed by atoms with van der Waals surface area (Å²) in [5.74, 6) is -1.05. The summed E-state index contributed by atoms with van der Waals surface area (Å²) in [7, 11) is 0. The number of hydrogen-bond acceptors (Lipinski definition) is 3. The van der Waals surface area contributed by atoms with Crippen molar-refractivity contribution in [3.05, 3.63) is 71.7 Å². The summed E-state index contributed by atoms with van der Waals surface area (Å²) in [6, 6.07) is 13.9. The third-order valence-corrected chi connectivity index (χ3v) is 4.38. The van der Waals surface area contributed by atoms with Gasteiger partial charge < -0.3 is 10.4 Å². The number of carboxylic acid groups (broad SMARTS) is 1. The molecule has 0 unspecified atom stereocenters. The number of nitrogens with zero attached hydrogens (tertiary/aromatic N) is 2. The SMILES string of the molecule is CC(C)(C)c1cc(NC(=O)Nc2ccccc2F)n(-c2ccc(CC(=O)O)cc2)n1. The molecule has 3 rings (SSSR count). The number of carbonyl (C=O) groups is 2. The van der Waals surface area contributed by atoms with Crippen molar-refractivity contribution in [2.24, 2.45) is 0 Å². The molecule has 0 aliphatic carbocycles. The van der Waals surface area contributed by atoms with Crippen LogP contribution in [0.5, 0.6) is 0 Å². The first-order valence-electron chi connectivity index (χ1n) is 9.37. The van der Waals surface area contributed by atoms with Gasteiger partial charge in [-0.05, 0) is 29.8 Å². The minimum absolute atomic E-state index is 0.0649. The number of anilines is 2. The van der Waals surface area contributed by atoms with Gasteiger partial charge in [0.2, 0.25) is 0 Å². The predicted octanol–water partition coefficient (Wildman–Crippen LogP) is 4.58. The van der Waals surface area contributed by atoms with E-state index in [1.54, 1.807) is 41.1 Å². The highest BCUT2D eigenvalue weighted by Gasteiger charge is 2.22. The molecule has 1 heterocycles. The molecule has 2 aromatic carbocycles. The van der Waals surface area contributed by atoms with Crippen LogP contribution in [0.4, 0.5) is 20.7 Å². The normalized spacial score (nSPS) is 11.2. The Morgan fingerprint density at radius 1 is 1.07 bits per heavy atom. The van der Waals surface area contributed by atoms with Crippen molar-refractivity contribution in [1.82, 2.24) is 9.78 Å². The van der Waals surface area contributed by atoms with E-state index in [-0.39, 0.29) is 17.5 Å². The van der Waals surface area contributed by atoms with E-state index in [4.69, 9.17) is 5.11 Å². The van der Waals surface area contributed by atoms with Crippen LogP contribution < -0.4 is 10.6 Å². The quantitative estimate of drug-likeness (QED) is 0.574. The molecule has 8 heteroatoms. The number of rotatable bonds is 5. The number of amides is 2. The first-order chi connectivity index (χ1) is 14.1. The van der Waals surface area contributed by atoms with Crippen LogP contribution in [-0.2, 0) is 16.6 Å². The highest BCUT2D eigenvalue weighted by atomic mass is 19.1. The average Bonchev–Trinajstić information content (AvgIpc) is 3.08. The number of aliphatic carboxylic acids is 1. The Hall–Kier alpha value is -3.68. The topological polar surface area (TPSA) is 96.2 Å². The van der Waals surface area contributed by atoms with E-state index in [1.807, 2.05) is 20.8 Å². The maximum Gasteiger partial charge on any atom is 0.324 e. The molecule has 0 spiro atoms. The molecule has 3 aromatic rings. The summed E-state index contributed by atoms with van der Waals surface area (Å²) in [5.41, 5.74) is 1.85. The number of benzene rings is 2. The smallest absolute Gasteiger partial charge is 0.324 e. The third kappa shape index (κ3) is 5.02. The third-order valence-electron chi connectivity index (χ3n) is 4.38. The monoisotopic (exact) mass is 410 g/mol. The average molecular weight is 410 g/mol. The fourth-order valence-electron chi connectivity index (χ4n) is 2.80. The van der Waals surface area contributed by atoms with Gasteiger partial charge in [-0.3, -0.25) is 10.1 Å². The fraction of sp³-hybridized carbons (Fsp3) is 0.227. The first kappa shape index (κ1) is 21.0. The van der Waals surface area contributed by atoms with Crippen LogP contribution in [0, 0.1) is 5.82 Å². The van der Waals surface area contributed by atoms with Crippen molar-refractivity contribution >= 4 is 23.5 Å². The molecule has 0 atom stereocenters. The van der Waals surface area contributed by atoms with E-state index in [1.165, 1.54) is 18.2 Å². The maximum absolute atomic E-state index is 13.8. The van der Waals surface area contributed by atoms with Gasteiger partial charge in [0.05, 0.1) is 23.5 Å². The van der Waals surface area contributed by atoms with Crippen LogP contribution in [0.2, 0.25) is 0 Å². The van der Waals surface area contributed by atoms with Crippen LogP contribution in [0.3, 0.4) is 0 Å². The number of para-hydroxylation sites is 1. The summed E-state index contributed by atoms with van der Waals surface area (Å²) in [6.45, 7) is 6.00. The van der Waals surface area contributed by atoms with Gasteiger partial charge in [0.25, 0.3) is 0 Å². The first-order valence-corrected chi connectivity index (χ1v) is 9.37. The van der Waals surface area contributed by atoms with Gasteiger partial charge in [-0.1, -0.05) is 45.0 Å². The van der Waals surface area contributed by atoms with Gasteiger partial charge in [0, 0.05) is 11.5 Å². The Labute approximate surface area is 173 Å². The Morgan fingerprint density at radius 3 is 2.33 bits per heavy atom. The highest BCUT2D eigenvalue weighted by Crippen LogP contribution is 2.26. The molecular weight excluding hydrogens is 387 g/mol. The summed E-state index contributed by atoms with van der Waals surface area (Å²) in [4.78, 5) is 23.3. The van der Waals surface area contributed by atoms with Crippen LogP contribution in [0.1, 0.15) is 32.0 Å². The van der Waals surface area contributed by atoms with E-state index in [9.17, 15) is 14.0 Å². The van der Waals surface area contributed by atoms with Crippen molar-refractivity contribution in [3.8, 4) is 5.69 Å². The minimum Gasteiger partial charge on any atom is -0.481 e. The molecule has 156 valence electrons. The number of urea groups is 1. The summed E-state index contributed by atoms with van der Waals surface area (Å²) in [5, 5.41) is 18.7. The van der Waals surface area contributed by atoms with E-state index >= 15 is 0 Å². The number of nitrogens with one attached hydrogen (secondary N) is 2. The second kappa shape index (κ2) is 8.36. The number of carboxylic acids is 1. The van der Waals surface area contributed by atoms with Crippen LogP contribution in [0.25, 0.3) is 5.69 Å². The lowest BCUT2D eigenvalue weighted by molar-refractivity contribution is -0.136. The van der Waals surface area contributed by atoms with Crippen molar-refractivity contribution in [1.29, 1.82) is 0 Å². The van der Waals surface area contributed by atoms with Crippen molar-refractivity contribution in [2.45, 2.75) is 32.6 Å². The molecule has 0 aliphatic heterocycles. The van der Waals surface area contributed by atoms with Crippen molar-refractivity contribution < 1.29 is 19.1 Å². The van der Waals surface area contributed by atoms with E-state index in [0.29, 0.717) is 17.1 Å². The number of hydrogen-bond donors (Lipinski definition) is 3. The zero-order valence-electron chi connectivity index (χ0n) is 16.9. The molecular formula is C22H23FN4O3. The zero-order valence-corrected chi connectivity index (χ0v) is 16.9. The molecule has 1 aromatic heterocycles. The van der Waals surface area contributed by atoms with Gasteiger partial charge in [0.1, 0.15) is 11.6 Å². The highest BCUT2D eigenvalue weighted by molar-refractivity contribution is 5.99. The van der Waals surface area contributed by atoms with Crippen molar-refractivity contribution in [3.63, 3.8) is 0 Å². The molecule has 0 fully saturated rings. The van der Waals surface area contributed by atoms with Gasteiger partial charge in [-0.25, -0.2) is 13.9 Å². The lowest BCUT2D eigenvalue weighted by atomic mass is 9.92. The summed E-state index contributed by atoms with van der Waals surface area (Å²) < 4.78 is 15.4. The molecule has 2 amide bonds.